The summed E-state index contributed by atoms with van der Waals surface area (Å²) in [4.78, 5) is 23.5. The SMILES string of the molecule is CCCCNC(=O)Nc1onc(C)c1C(=O)OCCC. The first-order valence-corrected chi connectivity index (χ1v) is 6.78. The second-order valence-corrected chi connectivity index (χ2v) is 4.34. The number of rotatable bonds is 7. The molecular formula is C13H21N3O4. The lowest BCUT2D eigenvalue weighted by Gasteiger charge is -2.06. The van der Waals surface area contributed by atoms with Gasteiger partial charge in [0, 0.05) is 6.54 Å². The molecule has 7 heteroatoms. The van der Waals surface area contributed by atoms with Gasteiger partial charge in [-0.3, -0.25) is 5.32 Å². The van der Waals surface area contributed by atoms with Crippen molar-refractivity contribution in [2.24, 2.45) is 0 Å². The van der Waals surface area contributed by atoms with Crippen molar-refractivity contribution in [3.8, 4) is 0 Å². The first-order chi connectivity index (χ1) is 9.60. The predicted molar refractivity (Wildman–Crippen MR) is 73.7 cm³/mol. The molecule has 0 unspecified atom stereocenters. The molecule has 0 radical (unpaired) electrons. The van der Waals surface area contributed by atoms with E-state index in [4.69, 9.17) is 9.26 Å². The minimum Gasteiger partial charge on any atom is -0.462 e. The van der Waals surface area contributed by atoms with Gasteiger partial charge in [0.05, 0.1) is 12.3 Å². The molecule has 1 rings (SSSR count). The average molecular weight is 283 g/mol. The number of aromatic nitrogens is 1. The summed E-state index contributed by atoms with van der Waals surface area (Å²) < 4.78 is 9.98. The van der Waals surface area contributed by atoms with Gasteiger partial charge in [0.2, 0.25) is 5.88 Å². The highest BCUT2D eigenvalue weighted by Crippen LogP contribution is 2.20. The number of aryl methyl sites for hydroxylation is 1. The zero-order valence-electron chi connectivity index (χ0n) is 12.1. The fourth-order valence-electron chi connectivity index (χ4n) is 1.49. The lowest BCUT2D eigenvalue weighted by Crippen LogP contribution is -2.30. The number of urea groups is 1. The van der Waals surface area contributed by atoms with Crippen molar-refractivity contribution in [2.75, 3.05) is 18.5 Å². The maximum Gasteiger partial charge on any atom is 0.345 e. The Labute approximate surface area is 118 Å². The molecule has 112 valence electrons. The van der Waals surface area contributed by atoms with Crippen molar-refractivity contribution in [3.63, 3.8) is 0 Å². The summed E-state index contributed by atoms with van der Waals surface area (Å²) in [6.07, 6.45) is 2.58. The van der Waals surface area contributed by atoms with Crippen LogP contribution in [0.15, 0.2) is 4.52 Å². The van der Waals surface area contributed by atoms with Crippen molar-refractivity contribution in [2.45, 2.75) is 40.0 Å². The summed E-state index contributed by atoms with van der Waals surface area (Å²) in [5, 5.41) is 8.81. The van der Waals surface area contributed by atoms with E-state index in [9.17, 15) is 9.59 Å². The van der Waals surface area contributed by atoms with Crippen LogP contribution < -0.4 is 10.6 Å². The van der Waals surface area contributed by atoms with Gasteiger partial charge in [0.25, 0.3) is 0 Å². The van der Waals surface area contributed by atoms with E-state index in [1.807, 2.05) is 13.8 Å². The third kappa shape index (κ3) is 4.56. The van der Waals surface area contributed by atoms with E-state index in [0.717, 1.165) is 19.3 Å². The van der Waals surface area contributed by atoms with E-state index < -0.39 is 12.0 Å². The van der Waals surface area contributed by atoms with Gasteiger partial charge in [0.1, 0.15) is 5.56 Å². The molecule has 0 saturated heterocycles. The highest BCUT2D eigenvalue weighted by atomic mass is 16.5. The fourth-order valence-corrected chi connectivity index (χ4v) is 1.49. The number of unbranched alkanes of at least 4 members (excludes halogenated alkanes) is 1. The second kappa shape index (κ2) is 8.19. The van der Waals surface area contributed by atoms with Crippen LogP contribution >= 0.6 is 0 Å². The number of amides is 2. The van der Waals surface area contributed by atoms with E-state index in [1.54, 1.807) is 6.92 Å². The molecule has 0 aliphatic rings. The molecule has 0 aliphatic carbocycles. The number of esters is 1. The number of ether oxygens (including phenoxy) is 1. The Kier molecular flexibility index (Phi) is 6.55. The lowest BCUT2D eigenvalue weighted by molar-refractivity contribution is 0.0505. The minimum absolute atomic E-state index is 0.0117. The molecule has 0 fully saturated rings. The Morgan fingerprint density at radius 2 is 2.05 bits per heavy atom. The fraction of sp³-hybridized carbons (Fsp3) is 0.615. The molecule has 7 nitrogen and oxygen atoms in total. The molecule has 1 aromatic heterocycles. The van der Waals surface area contributed by atoms with Crippen molar-refractivity contribution >= 4 is 17.9 Å². The molecule has 0 bridgehead atoms. The zero-order valence-corrected chi connectivity index (χ0v) is 12.1. The van der Waals surface area contributed by atoms with Crippen LogP contribution in [0.1, 0.15) is 49.2 Å². The molecule has 0 atom stereocenters. The molecule has 1 aromatic rings. The van der Waals surface area contributed by atoms with Gasteiger partial charge < -0.3 is 14.6 Å². The van der Waals surface area contributed by atoms with Crippen LogP contribution in [0.25, 0.3) is 0 Å². The summed E-state index contributed by atoms with van der Waals surface area (Å²) in [6, 6.07) is -0.431. The monoisotopic (exact) mass is 283 g/mol. The minimum atomic E-state index is -0.547. The third-order valence-corrected chi connectivity index (χ3v) is 2.55. The first-order valence-electron chi connectivity index (χ1n) is 6.78. The van der Waals surface area contributed by atoms with Gasteiger partial charge in [-0.25, -0.2) is 9.59 Å². The Bertz CT molecular complexity index is 456. The highest BCUT2D eigenvalue weighted by molar-refractivity contribution is 5.99. The predicted octanol–water partition coefficient (Wildman–Crippen LogP) is 2.47. The molecule has 2 N–H and O–H groups in total. The van der Waals surface area contributed by atoms with Crippen LogP contribution in [0.4, 0.5) is 10.7 Å². The number of carbonyl (C=O) groups is 2. The van der Waals surface area contributed by atoms with Gasteiger partial charge in [-0.15, -0.1) is 0 Å². The number of nitrogens with one attached hydrogen (secondary N) is 2. The number of hydrogen-bond acceptors (Lipinski definition) is 5. The molecular weight excluding hydrogens is 262 g/mol. The van der Waals surface area contributed by atoms with Crippen LogP contribution in [0.2, 0.25) is 0 Å². The smallest absolute Gasteiger partial charge is 0.345 e. The highest BCUT2D eigenvalue weighted by Gasteiger charge is 2.23. The molecule has 2 amide bonds. The zero-order chi connectivity index (χ0) is 15.0. The number of hydrogen-bond donors (Lipinski definition) is 2. The molecule has 0 saturated carbocycles. The quantitative estimate of drug-likeness (QED) is 0.592. The van der Waals surface area contributed by atoms with E-state index in [2.05, 4.69) is 15.8 Å². The standard InChI is InChI=1S/C13H21N3O4/c1-4-6-7-14-13(18)15-11-10(9(3)16-20-11)12(17)19-8-5-2/h4-8H2,1-3H3,(H2,14,15,18). The van der Waals surface area contributed by atoms with E-state index in [1.165, 1.54) is 0 Å². The maximum atomic E-state index is 11.9. The van der Waals surface area contributed by atoms with Crippen LogP contribution in [0.5, 0.6) is 0 Å². The maximum absolute atomic E-state index is 11.9. The normalized spacial score (nSPS) is 10.2. The Hall–Kier alpha value is -2.05. The van der Waals surface area contributed by atoms with Gasteiger partial charge in [-0.2, -0.15) is 0 Å². The van der Waals surface area contributed by atoms with Gasteiger partial charge in [0.15, 0.2) is 0 Å². The number of carbonyl (C=O) groups excluding carboxylic acids is 2. The largest absolute Gasteiger partial charge is 0.462 e. The summed E-state index contributed by atoms with van der Waals surface area (Å²) in [5.41, 5.74) is 0.541. The summed E-state index contributed by atoms with van der Waals surface area (Å²) in [5.74, 6) is -0.535. The van der Waals surface area contributed by atoms with Crippen LogP contribution in [0, 0.1) is 6.92 Å². The van der Waals surface area contributed by atoms with E-state index in [-0.39, 0.29) is 11.4 Å². The Morgan fingerprint density at radius 1 is 1.30 bits per heavy atom. The lowest BCUT2D eigenvalue weighted by atomic mass is 10.2. The first kappa shape index (κ1) is 16.0. The van der Waals surface area contributed by atoms with Gasteiger partial charge in [-0.05, 0) is 19.8 Å². The van der Waals surface area contributed by atoms with Crippen LogP contribution in [0.3, 0.4) is 0 Å². The number of anilines is 1. The second-order valence-electron chi connectivity index (χ2n) is 4.34. The van der Waals surface area contributed by atoms with Crippen LogP contribution in [-0.2, 0) is 4.74 Å². The average Bonchev–Trinajstić information content (AvgIpc) is 2.77. The van der Waals surface area contributed by atoms with Crippen molar-refractivity contribution in [1.29, 1.82) is 0 Å². The van der Waals surface area contributed by atoms with Crippen LogP contribution in [-0.4, -0.2) is 30.3 Å². The molecule has 1 heterocycles. The van der Waals surface area contributed by atoms with Gasteiger partial charge >= 0.3 is 12.0 Å². The topological polar surface area (TPSA) is 93.5 Å². The number of nitrogens with zero attached hydrogens (tertiary/aromatic N) is 1. The summed E-state index contributed by atoms with van der Waals surface area (Å²) >= 11 is 0. The summed E-state index contributed by atoms with van der Waals surface area (Å²) in [6.45, 7) is 6.41. The van der Waals surface area contributed by atoms with Crippen molar-refractivity contribution in [1.82, 2.24) is 10.5 Å². The molecule has 0 aliphatic heterocycles. The van der Waals surface area contributed by atoms with E-state index >= 15 is 0 Å². The van der Waals surface area contributed by atoms with E-state index in [0.29, 0.717) is 18.8 Å². The Balaban J connectivity index is 2.66. The molecule has 0 spiro atoms. The third-order valence-electron chi connectivity index (χ3n) is 2.55. The summed E-state index contributed by atoms with van der Waals surface area (Å²) in [7, 11) is 0. The van der Waals surface area contributed by atoms with Crippen molar-refractivity contribution in [3.05, 3.63) is 11.3 Å². The molecule has 0 aromatic carbocycles. The van der Waals surface area contributed by atoms with Gasteiger partial charge in [-0.1, -0.05) is 25.4 Å². The Morgan fingerprint density at radius 3 is 2.70 bits per heavy atom. The molecule has 20 heavy (non-hydrogen) atoms. The van der Waals surface area contributed by atoms with Crippen molar-refractivity contribution < 1.29 is 18.8 Å².